The Bertz CT molecular complexity index is 295. The van der Waals surface area contributed by atoms with E-state index >= 15 is 0 Å². The zero-order valence-corrected chi connectivity index (χ0v) is 12.5. The van der Waals surface area contributed by atoms with Crippen LogP contribution in [0.4, 0.5) is 0 Å². The number of unbranched alkanes of at least 4 members (excludes halogenated alkanes) is 1. The molecule has 1 aliphatic rings. The van der Waals surface area contributed by atoms with Crippen molar-refractivity contribution in [2.24, 2.45) is 5.92 Å². The van der Waals surface area contributed by atoms with E-state index < -0.39 is 0 Å². The van der Waals surface area contributed by atoms with Gasteiger partial charge in [-0.25, -0.2) is 0 Å². The maximum Gasteiger partial charge on any atom is 0.155 e. The van der Waals surface area contributed by atoms with Gasteiger partial charge in [0, 0.05) is 12.0 Å². The van der Waals surface area contributed by atoms with Gasteiger partial charge in [-0.15, -0.1) is 6.58 Å². The molecule has 0 aromatic rings. The number of hydrogen-bond donors (Lipinski definition) is 0. The quantitative estimate of drug-likeness (QED) is 0.506. The van der Waals surface area contributed by atoms with Gasteiger partial charge in [0.25, 0.3) is 0 Å². The topological polar surface area (TPSA) is 20.3 Å². The first-order valence-electron chi connectivity index (χ1n) is 7.37. The molecule has 0 saturated carbocycles. The number of Topliss-reactive ketones (excluding diaryl/α,β-unsaturated/α-hetero) is 1. The number of likely N-dealkylation sites (tertiary alicyclic amines) is 1. The summed E-state index contributed by atoms with van der Waals surface area (Å²) in [5.74, 6) is 0.575. The summed E-state index contributed by atoms with van der Waals surface area (Å²) in [5, 5.41) is 0. The predicted octanol–water partition coefficient (Wildman–Crippen LogP) is 3.81. The smallest absolute Gasteiger partial charge is 0.155 e. The van der Waals surface area contributed by atoms with E-state index in [2.05, 4.69) is 25.3 Å². The second kappa shape index (κ2) is 6.51. The highest BCUT2D eigenvalue weighted by atomic mass is 16.1. The molecule has 0 bridgehead atoms. The third-order valence-corrected chi connectivity index (χ3v) is 4.14. The van der Waals surface area contributed by atoms with Crippen LogP contribution in [0.1, 0.15) is 59.8 Å². The van der Waals surface area contributed by atoms with Gasteiger partial charge < -0.3 is 0 Å². The molecule has 0 N–H and O–H groups in total. The van der Waals surface area contributed by atoms with Crippen LogP contribution in [0.5, 0.6) is 0 Å². The summed E-state index contributed by atoms with van der Waals surface area (Å²) < 4.78 is 0. The molecule has 2 heteroatoms. The fraction of sp³-hybridized carbons (Fsp3) is 0.812. The fourth-order valence-electron chi connectivity index (χ4n) is 3.38. The van der Waals surface area contributed by atoms with Crippen LogP contribution in [0, 0.1) is 5.92 Å². The van der Waals surface area contributed by atoms with Crippen molar-refractivity contribution >= 4 is 5.78 Å². The van der Waals surface area contributed by atoms with Crippen LogP contribution in [0.25, 0.3) is 0 Å². The number of rotatable bonds is 7. The van der Waals surface area contributed by atoms with Crippen LogP contribution in [0.15, 0.2) is 12.7 Å². The predicted molar refractivity (Wildman–Crippen MR) is 77.7 cm³/mol. The molecule has 1 saturated heterocycles. The first kappa shape index (κ1) is 15.4. The highest BCUT2D eigenvalue weighted by Gasteiger charge is 2.47. The SMILES string of the molecule is C=CCCC[C@@]1(C(=O)C(C)C)CCCN1C(C)C. The Morgan fingerprint density at radius 2 is 2.06 bits per heavy atom. The third-order valence-electron chi connectivity index (χ3n) is 4.14. The molecule has 2 nitrogen and oxygen atoms in total. The summed E-state index contributed by atoms with van der Waals surface area (Å²) in [4.78, 5) is 15.2. The molecule has 18 heavy (non-hydrogen) atoms. The minimum absolute atomic E-state index is 0.132. The summed E-state index contributed by atoms with van der Waals surface area (Å²) in [6, 6.07) is 0.457. The van der Waals surface area contributed by atoms with E-state index in [1.54, 1.807) is 0 Å². The van der Waals surface area contributed by atoms with Crippen molar-refractivity contribution in [3.05, 3.63) is 12.7 Å². The summed E-state index contributed by atoms with van der Waals surface area (Å²) in [6.45, 7) is 13.3. The Labute approximate surface area is 112 Å². The highest BCUT2D eigenvalue weighted by molar-refractivity contribution is 5.90. The standard InChI is InChI=1S/C16H29NO/c1-6-7-8-10-16(15(18)13(2)3)11-9-12-17(16)14(4)5/h6,13-14H,1,7-12H2,2-5H3/t16-/m0/s1. The lowest BCUT2D eigenvalue weighted by atomic mass is 9.80. The molecule has 104 valence electrons. The molecular weight excluding hydrogens is 222 g/mol. The van der Waals surface area contributed by atoms with Gasteiger partial charge in [-0.2, -0.15) is 0 Å². The average Bonchev–Trinajstić information content (AvgIpc) is 2.73. The number of allylic oxidation sites excluding steroid dienone is 1. The average molecular weight is 251 g/mol. The maximum absolute atomic E-state index is 12.7. The van der Waals surface area contributed by atoms with Crippen LogP contribution in [0.3, 0.4) is 0 Å². The van der Waals surface area contributed by atoms with Crippen LogP contribution < -0.4 is 0 Å². The first-order valence-corrected chi connectivity index (χ1v) is 7.37. The van der Waals surface area contributed by atoms with Crippen LogP contribution in [0.2, 0.25) is 0 Å². The number of nitrogens with zero attached hydrogens (tertiary/aromatic N) is 1. The first-order chi connectivity index (χ1) is 8.45. The van der Waals surface area contributed by atoms with Gasteiger partial charge in [0.15, 0.2) is 5.78 Å². The lowest BCUT2D eigenvalue weighted by Crippen LogP contribution is -2.54. The largest absolute Gasteiger partial charge is 0.297 e. The van der Waals surface area contributed by atoms with E-state index in [0.717, 1.165) is 38.6 Å². The van der Waals surface area contributed by atoms with E-state index in [1.807, 2.05) is 19.9 Å². The van der Waals surface area contributed by atoms with E-state index in [-0.39, 0.29) is 11.5 Å². The molecule has 1 aliphatic heterocycles. The molecule has 0 aromatic heterocycles. The monoisotopic (exact) mass is 251 g/mol. The maximum atomic E-state index is 12.7. The van der Waals surface area contributed by atoms with E-state index in [4.69, 9.17) is 0 Å². The summed E-state index contributed by atoms with van der Waals surface area (Å²) >= 11 is 0. The van der Waals surface area contributed by atoms with Gasteiger partial charge >= 0.3 is 0 Å². The van der Waals surface area contributed by atoms with Crippen LogP contribution in [-0.2, 0) is 4.79 Å². The van der Waals surface area contributed by atoms with E-state index in [1.165, 1.54) is 0 Å². The third kappa shape index (κ3) is 3.03. The number of carbonyl (C=O) groups excluding carboxylic acids is 1. The molecule has 0 aromatic carbocycles. The second-order valence-corrected chi connectivity index (χ2v) is 6.12. The van der Waals surface area contributed by atoms with Gasteiger partial charge in [0.2, 0.25) is 0 Å². The molecule has 0 radical (unpaired) electrons. The number of ketones is 1. The van der Waals surface area contributed by atoms with Crippen molar-refractivity contribution in [3.63, 3.8) is 0 Å². The molecule has 0 spiro atoms. The molecule has 1 rings (SSSR count). The van der Waals surface area contributed by atoms with E-state index in [0.29, 0.717) is 11.8 Å². The van der Waals surface area contributed by atoms with Crippen molar-refractivity contribution in [3.8, 4) is 0 Å². The Morgan fingerprint density at radius 1 is 1.39 bits per heavy atom. The lowest BCUT2D eigenvalue weighted by molar-refractivity contribution is -0.134. The Balaban J connectivity index is 2.92. The van der Waals surface area contributed by atoms with Crippen molar-refractivity contribution in [2.75, 3.05) is 6.54 Å². The van der Waals surface area contributed by atoms with Gasteiger partial charge in [-0.3, -0.25) is 9.69 Å². The second-order valence-electron chi connectivity index (χ2n) is 6.12. The minimum atomic E-state index is -0.189. The zero-order valence-electron chi connectivity index (χ0n) is 12.5. The molecule has 0 unspecified atom stereocenters. The van der Waals surface area contributed by atoms with Crippen molar-refractivity contribution in [2.45, 2.75) is 71.4 Å². The fourth-order valence-corrected chi connectivity index (χ4v) is 3.38. The minimum Gasteiger partial charge on any atom is -0.297 e. The van der Waals surface area contributed by atoms with Gasteiger partial charge in [0.1, 0.15) is 0 Å². The number of hydrogen-bond acceptors (Lipinski definition) is 2. The Hall–Kier alpha value is -0.630. The Kier molecular flexibility index (Phi) is 5.58. The molecule has 1 heterocycles. The summed E-state index contributed by atoms with van der Waals surface area (Å²) in [5.41, 5.74) is -0.189. The molecule has 1 fully saturated rings. The molecule has 1 atom stereocenters. The normalized spacial score (nSPS) is 25.0. The van der Waals surface area contributed by atoms with Crippen molar-refractivity contribution in [1.82, 2.24) is 4.90 Å². The van der Waals surface area contributed by atoms with Gasteiger partial charge in [-0.05, 0) is 52.5 Å². The van der Waals surface area contributed by atoms with Gasteiger partial charge in [0.05, 0.1) is 5.54 Å². The van der Waals surface area contributed by atoms with Crippen LogP contribution >= 0.6 is 0 Å². The summed E-state index contributed by atoms with van der Waals surface area (Å²) in [6.07, 6.45) is 7.24. The van der Waals surface area contributed by atoms with Crippen LogP contribution in [-0.4, -0.2) is 28.8 Å². The molecular formula is C16H29NO. The van der Waals surface area contributed by atoms with E-state index in [9.17, 15) is 4.79 Å². The highest BCUT2D eigenvalue weighted by Crippen LogP contribution is 2.38. The lowest BCUT2D eigenvalue weighted by Gasteiger charge is -2.41. The molecule has 0 amide bonds. The van der Waals surface area contributed by atoms with Gasteiger partial charge in [-0.1, -0.05) is 19.9 Å². The molecule has 0 aliphatic carbocycles. The Morgan fingerprint density at radius 3 is 2.56 bits per heavy atom. The zero-order chi connectivity index (χ0) is 13.8. The van der Waals surface area contributed by atoms with Crippen molar-refractivity contribution < 1.29 is 4.79 Å². The summed E-state index contributed by atoms with van der Waals surface area (Å²) in [7, 11) is 0. The van der Waals surface area contributed by atoms with Crippen molar-refractivity contribution in [1.29, 1.82) is 0 Å². The number of carbonyl (C=O) groups is 1.